The molecule has 1 aromatic rings. The molecule has 0 aliphatic carbocycles. The van der Waals surface area contributed by atoms with Crippen LogP contribution in [0.5, 0.6) is 0 Å². The second-order valence-corrected chi connectivity index (χ2v) is 3.41. The van der Waals surface area contributed by atoms with Gasteiger partial charge in [0.2, 0.25) is 5.13 Å². The second-order valence-electron chi connectivity index (χ2n) is 2.25. The van der Waals surface area contributed by atoms with E-state index in [1.807, 2.05) is 18.9 Å². The van der Waals surface area contributed by atoms with E-state index in [1.165, 1.54) is 11.3 Å². The van der Waals surface area contributed by atoms with Gasteiger partial charge in [-0.2, -0.15) is 0 Å². The zero-order valence-electron chi connectivity index (χ0n) is 6.61. The first kappa shape index (κ1) is 8.42. The number of nitrogens with zero attached hydrogens (tertiary/aromatic N) is 3. The van der Waals surface area contributed by atoms with E-state index >= 15 is 0 Å². The van der Waals surface area contributed by atoms with Crippen molar-refractivity contribution in [3.63, 3.8) is 0 Å². The van der Waals surface area contributed by atoms with E-state index in [0.29, 0.717) is 6.54 Å². The standard InChI is InChI=1S/C6H11N3OS/c1-5-7-8-6(11-5)9(2)3-4-10/h10H,3-4H2,1-2H3. The third kappa shape index (κ3) is 2.13. The van der Waals surface area contributed by atoms with Crippen LogP contribution in [0.1, 0.15) is 5.01 Å². The number of hydrogen-bond acceptors (Lipinski definition) is 5. The van der Waals surface area contributed by atoms with Crippen LogP contribution in [0.25, 0.3) is 0 Å². The molecule has 1 heterocycles. The summed E-state index contributed by atoms with van der Waals surface area (Å²) in [6.45, 7) is 2.66. The zero-order valence-corrected chi connectivity index (χ0v) is 7.43. The van der Waals surface area contributed by atoms with Gasteiger partial charge in [-0.05, 0) is 6.92 Å². The van der Waals surface area contributed by atoms with Crippen molar-refractivity contribution in [3.05, 3.63) is 5.01 Å². The van der Waals surface area contributed by atoms with E-state index in [1.54, 1.807) is 0 Å². The molecule has 0 bridgehead atoms. The minimum absolute atomic E-state index is 0.148. The number of hydrogen-bond donors (Lipinski definition) is 1. The molecule has 0 aromatic carbocycles. The Labute approximate surface area is 69.5 Å². The lowest BCUT2D eigenvalue weighted by Gasteiger charge is -2.11. The molecule has 0 saturated carbocycles. The van der Waals surface area contributed by atoms with E-state index in [-0.39, 0.29) is 6.61 Å². The lowest BCUT2D eigenvalue weighted by Crippen LogP contribution is -2.20. The normalized spacial score (nSPS) is 10.1. The lowest BCUT2D eigenvalue weighted by molar-refractivity contribution is 0.304. The van der Waals surface area contributed by atoms with Crippen molar-refractivity contribution in [1.29, 1.82) is 0 Å². The smallest absolute Gasteiger partial charge is 0.208 e. The fraction of sp³-hybridized carbons (Fsp3) is 0.667. The van der Waals surface area contributed by atoms with Crippen molar-refractivity contribution in [2.24, 2.45) is 0 Å². The summed E-state index contributed by atoms with van der Waals surface area (Å²) in [5.41, 5.74) is 0. The van der Waals surface area contributed by atoms with Gasteiger partial charge in [-0.25, -0.2) is 0 Å². The molecular formula is C6H11N3OS. The Kier molecular flexibility index (Phi) is 2.78. The van der Waals surface area contributed by atoms with Crippen LogP contribution in [0.4, 0.5) is 5.13 Å². The van der Waals surface area contributed by atoms with E-state index in [9.17, 15) is 0 Å². The van der Waals surface area contributed by atoms with Gasteiger partial charge in [-0.1, -0.05) is 11.3 Å². The van der Waals surface area contributed by atoms with Crippen molar-refractivity contribution in [3.8, 4) is 0 Å². The van der Waals surface area contributed by atoms with Crippen molar-refractivity contribution < 1.29 is 5.11 Å². The fourth-order valence-corrected chi connectivity index (χ4v) is 1.36. The van der Waals surface area contributed by atoms with Gasteiger partial charge < -0.3 is 10.0 Å². The molecule has 0 aliphatic rings. The molecular weight excluding hydrogens is 162 g/mol. The van der Waals surface area contributed by atoms with Gasteiger partial charge in [-0.15, -0.1) is 10.2 Å². The summed E-state index contributed by atoms with van der Waals surface area (Å²) in [7, 11) is 1.89. The van der Waals surface area contributed by atoms with Crippen LogP contribution in [-0.4, -0.2) is 35.5 Å². The Hall–Kier alpha value is -0.680. The molecule has 4 nitrogen and oxygen atoms in total. The molecule has 0 fully saturated rings. The Bertz CT molecular complexity index is 225. The van der Waals surface area contributed by atoms with Crippen LogP contribution >= 0.6 is 11.3 Å². The van der Waals surface area contributed by atoms with Crippen molar-refractivity contribution in [1.82, 2.24) is 10.2 Å². The van der Waals surface area contributed by atoms with Crippen molar-refractivity contribution in [2.45, 2.75) is 6.92 Å². The zero-order chi connectivity index (χ0) is 8.27. The van der Waals surface area contributed by atoms with Crippen LogP contribution in [0.2, 0.25) is 0 Å². The first-order chi connectivity index (χ1) is 5.24. The van der Waals surface area contributed by atoms with Gasteiger partial charge in [-0.3, -0.25) is 0 Å². The second kappa shape index (κ2) is 3.64. The van der Waals surface area contributed by atoms with Crippen LogP contribution in [0.15, 0.2) is 0 Å². The van der Waals surface area contributed by atoms with Crippen LogP contribution in [-0.2, 0) is 0 Å². The molecule has 0 aliphatic heterocycles. The summed E-state index contributed by atoms with van der Waals surface area (Å²) < 4.78 is 0. The summed E-state index contributed by atoms with van der Waals surface area (Å²) in [6, 6.07) is 0. The molecule has 0 saturated heterocycles. The van der Waals surface area contributed by atoms with E-state index in [2.05, 4.69) is 10.2 Å². The molecule has 1 aromatic heterocycles. The van der Waals surface area contributed by atoms with Crippen molar-refractivity contribution >= 4 is 16.5 Å². The summed E-state index contributed by atoms with van der Waals surface area (Å²) >= 11 is 1.53. The van der Waals surface area contributed by atoms with E-state index < -0.39 is 0 Å². The van der Waals surface area contributed by atoms with Crippen molar-refractivity contribution in [2.75, 3.05) is 25.1 Å². The topological polar surface area (TPSA) is 49.2 Å². The maximum atomic E-state index is 8.62. The van der Waals surface area contributed by atoms with Gasteiger partial charge >= 0.3 is 0 Å². The Morgan fingerprint density at radius 3 is 2.73 bits per heavy atom. The van der Waals surface area contributed by atoms with Gasteiger partial charge in [0.25, 0.3) is 0 Å². The van der Waals surface area contributed by atoms with Crippen LogP contribution in [0.3, 0.4) is 0 Å². The molecule has 62 valence electrons. The molecule has 11 heavy (non-hydrogen) atoms. The molecule has 5 heteroatoms. The highest BCUT2D eigenvalue weighted by Gasteiger charge is 2.04. The average molecular weight is 173 g/mol. The predicted molar refractivity (Wildman–Crippen MR) is 45.0 cm³/mol. The number of aromatic nitrogens is 2. The molecule has 0 amide bonds. The van der Waals surface area contributed by atoms with E-state index in [0.717, 1.165) is 10.1 Å². The summed E-state index contributed by atoms with van der Waals surface area (Å²) in [5.74, 6) is 0. The fourth-order valence-electron chi connectivity index (χ4n) is 0.686. The first-order valence-electron chi connectivity index (χ1n) is 3.36. The number of anilines is 1. The molecule has 0 unspecified atom stereocenters. The number of aliphatic hydroxyl groups is 1. The monoisotopic (exact) mass is 173 g/mol. The molecule has 1 N–H and O–H groups in total. The molecule has 0 atom stereocenters. The summed E-state index contributed by atoms with van der Waals surface area (Å²) in [5, 5.41) is 18.2. The minimum Gasteiger partial charge on any atom is -0.395 e. The lowest BCUT2D eigenvalue weighted by atomic mass is 10.6. The molecule has 0 spiro atoms. The molecule has 0 radical (unpaired) electrons. The number of rotatable bonds is 3. The number of aliphatic hydroxyl groups excluding tert-OH is 1. The van der Waals surface area contributed by atoms with E-state index in [4.69, 9.17) is 5.11 Å². The van der Waals surface area contributed by atoms with Gasteiger partial charge in [0.05, 0.1) is 6.61 Å². The maximum absolute atomic E-state index is 8.62. The first-order valence-corrected chi connectivity index (χ1v) is 4.18. The number of likely N-dealkylation sites (N-methyl/N-ethyl adjacent to an activating group) is 1. The largest absolute Gasteiger partial charge is 0.395 e. The molecule has 1 rings (SSSR count). The third-order valence-corrected chi connectivity index (χ3v) is 2.23. The Balaban J connectivity index is 2.60. The third-order valence-electron chi connectivity index (χ3n) is 1.28. The highest BCUT2D eigenvalue weighted by molar-refractivity contribution is 7.15. The van der Waals surface area contributed by atoms with Gasteiger partial charge in [0, 0.05) is 13.6 Å². The van der Waals surface area contributed by atoms with Gasteiger partial charge in [0.15, 0.2) is 0 Å². The Morgan fingerprint density at radius 1 is 1.55 bits per heavy atom. The highest BCUT2D eigenvalue weighted by Crippen LogP contribution is 2.16. The highest BCUT2D eigenvalue weighted by atomic mass is 32.1. The van der Waals surface area contributed by atoms with Crippen LogP contribution in [0, 0.1) is 6.92 Å². The minimum atomic E-state index is 0.148. The predicted octanol–water partition coefficient (Wildman–Crippen LogP) is 0.275. The van der Waals surface area contributed by atoms with Crippen LogP contribution < -0.4 is 4.90 Å². The maximum Gasteiger partial charge on any atom is 0.208 e. The quantitative estimate of drug-likeness (QED) is 0.713. The Morgan fingerprint density at radius 2 is 2.27 bits per heavy atom. The SMILES string of the molecule is Cc1nnc(N(C)CCO)s1. The van der Waals surface area contributed by atoms with Gasteiger partial charge in [0.1, 0.15) is 5.01 Å². The summed E-state index contributed by atoms with van der Waals surface area (Å²) in [4.78, 5) is 1.88. The average Bonchev–Trinajstić information content (AvgIpc) is 2.36. The number of aryl methyl sites for hydroxylation is 1. The summed E-state index contributed by atoms with van der Waals surface area (Å²) in [6.07, 6.45) is 0.